The largest absolute Gasteiger partial charge is 0.207 e. The molecule has 0 bridgehead atoms. The first-order chi connectivity index (χ1) is 10.0. The summed E-state index contributed by atoms with van der Waals surface area (Å²) in [6.45, 7) is 0. The van der Waals surface area contributed by atoms with E-state index in [4.69, 9.17) is 23.2 Å². The van der Waals surface area contributed by atoms with Crippen LogP contribution in [-0.2, 0) is 11.8 Å². The zero-order valence-electron chi connectivity index (χ0n) is 11.1. The predicted octanol–water partition coefficient (Wildman–Crippen LogP) is 6.40. The fraction of sp³-hybridized carbons (Fsp3) is 0.250. The summed E-state index contributed by atoms with van der Waals surface area (Å²) in [5.41, 5.74) is 1.32. The molecule has 0 heterocycles. The van der Waals surface area contributed by atoms with Crippen molar-refractivity contribution in [3.63, 3.8) is 0 Å². The van der Waals surface area contributed by atoms with Gasteiger partial charge in [0.25, 0.3) is 0 Å². The minimum atomic E-state index is -0.295. The molecule has 0 amide bonds. The van der Waals surface area contributed by atoms with Crippen LogP contribution in [0.25, 0.3) is 0 Å². The summed E-state index contributed by atoms with van der Waals surface area (Å²) in [5, 5.41) is 2.49. The van der Waals surface area contributed by atoms with Gasteiger partial charge in [0.2, 0.25) is 0 Å². The molecular formula is C16H13Br2Cl2F. The zero-order chi connectivity index (χ0) is 15.5. The van der Waals surface area contributed by atoms with Gasteiger partial charge in [-0.05, 0) is 36.2 Å². The summed E-state index contributed by atoms with van der Waals surface area (Å²) in [4.78, 5) is 0. The first kappa shape index (κ1) is 17.3. The van der Waals surface area contributed by atoms with Crippen molar-refractivity contribution in [3.8, 4) is 0 Å². The number of hydrogen-bond donors (Lipinski definition) is 0. The van der Waals surface area contributed by atoms with E-state index < -0.39 is 0 Å². The Morgan fingerprint density at radius 2 is 1.57 bits per heavy atom. The second-order valence-corrected chi connectivity index (χ2v) is 6.90. The first-order valence-electron chi connectivity index (χ1n) is 6.33. The van der Waals surface area contributed by atoms with Crippen LogP contribution < -0.4 is 0 Å². The molecule has 2 aromatic rings. The Labute approximate surface area is 150 Å². The molecule has 0 fully saturated rings. The summed E-state index contributed by atoms with van der Waals surface area (Å²) in [5.74, 6) is -0.275. The molecule has 2 rings (SSSR count). The van der Waals surface area contributed by atoms with E-state index in [2.05, 4.69) is 31.9 Å². The maximum atomic E-state index is 14.1. The Bertz CT molecular complexity index is 590. The number of benzene rings is 2. The highest BCUT2D eigenvalue weighted by Crippen LogP contribution is 2.36. The van der Waals surface area contributed by atoms with E-state index in [1.54, 1.807) is 12.1 Å². The van der Waals surface area contributed by atoms with Crippen molar-refractivity contribution >= 4 is 55.1 Å². The third-order valence-electron chi connectivity index (χ3n) is 3.55. The Morgan fingerprint density at radius 3 is 2.10 bits per heavy atom. The molecule has 0 nitrogen and oxygen atoms in total. The predicted molar refractivity (Wildman–Crippen MR) is 95.8 cm³/mol. The monoisotopic (exact) mass is 452 g/mol. The van der Waals surface area contributed by atoms with Gasteiger partial charge in [0, 0.05) is 31.7 Å². The van der Waals surface area contributed by atoms with Crippen molar-refractivity contribution in [2.45, 2.75) is 11.8 Å². The Balaban J connectivity index is 2.45. The van der Waals surface area contributed by atoms with Crippen molar-refractivity contribution in [1.82, 2.24) is 0 Å². The summed E-state index contributed by atoms with van der Waals surface area (Å²) in [7, 11) is 0. The lowest BCUT2D eigenvalue weighted by molar-refractivity contribution is 0.523. The van der Waals surface area contributed by atoms with Crippen molar-refractivity contribution in [2.75, 3.05) is 10.7 Å². The summed E-state index contributed by atoms with van der Waals surface area (Å²) >= 11 is 19.3. The molecule has 112 valence electrons. The molecule has 5 heteroatoms. The van der Waals surface area contributed by atoms with Crippen LogP contribution >= 0.6 is 55.1 Å². The van der Waals surface area contributed by atoms with Crippen LogP contribution in [0.2, 0.25) is 10.0 Å². The number of hydrogen-bond acceptors (Lipinski definition) is 0. The second kappa shape index (κ2) is 7.45. The molecule has 0 N–H and O–H groups in total. The molecule has 0 aliphatic heterocycles. The van der Waals surface area contributed by atoms with Gasteiger partial charge < -0.3 is 0 Å². The van der Waals surface area contributed by atoms with Crippen LogP contribution in [0.1, 0.15) is 11.1 Å². The molecule has 0 atom stereocenters. The molecule has 0 unspecified atom stereocenters. The quantitative estimate of drug-likeness (QED) is 0.458. The standard InChI is InChI=1S/C16H13Br2Cl2F/c17-9-16(10-18,11-4-6-12(19)7-5-11)8-13-14(20)2-1-3-15(13)21/h1-7H,8-10H2. The second-order valence-electron chi connectivity index (χ2n) is 4.93. The molecule has 0 spiro atoms. The summed E-state index contributed by atoms with van der Waals surface area (Å²) in [6, 6.07) is 12.4. The summed E-state index contributed by atoms with van der Waals surface area (Å²) in [6.07, 6.45) is 0.497. The van der Waals surface area contributed by atoms with Crippen LogP contribution in [0.15, 0.2) is 42.5 Å². The van der Waals surface area contributed by atoms with Crippen molar-refractivity contribution in [1.29, 1.82) is 0 Å². The lowest BCUT2D eigenvalue weighted by Crippen LogP contribution is -2.33. The maximum absolute atomic E-state index is 14.1. The Morgan fingerprint density at radius 1 is 0.952 bits per heavy atom. The van der Waals surface area contributed by atoms with Gasteiger partial charge in [0.1, 0.15) is 5.82 Å². The Kier molecular flexibility index (Phi) is 6.13. The normalized spacial score (nSPS) is 11.7. The Hall–Kier alpha value is -0.0900. The molecule has 0 saturated heterocycles. The first-order valence-corrected chi connectivity index (χ1v) is 9.33. The van der Waals surface area contributed by atoms with Crippen LogP contribution in [0, 0.1) is 5.82 Å². The maximum Gasteiger partial charge on any atom is 0.127 e. The third kappa shape index (κ3) is 3.82. The van der Waals surface area contributed by atoms with E-state index in [0.717, 1.165) is 5.56 Å². The number of alkyl halides is 2. The van der Waals surface area contributed by atoms with Crippen molar-refractivity contribution in [3.05, 3.63) is 69.5 Å². The average Bonchev–Trinajstić information content (AvgIpc) is 2.49. The van der Waals surface area contributed by atoms with Crippen LogP contribution in [0.3, 0.4) is 0 Å². The molecule has 0 aromatic heterocycles. The number of rotatable bonds is 5. The van der Waals surface area contributed by atoms with E-state index in [1.807, 2.05) is 24.3 Å². The molecule has 0 saturated carbocycles. The number of halogens is 5. The molecular weight excluding hydrogens is 442 g/mol. The van der Waals surface area contributed by atoms with Gasteiger partial charge in [-0.3, -0.25) is 0 Å². The molecule has 0 aliphatic carbocycles. The average molecular weight is 455 g/mol. The topological polar surface area (TPSA) is 0 Å². The van der Waals surface area contributed by atoms with Crippen molar-refractivity contribution in [2.24, 2.45) is 0 Å². The zero-order valence-corrected chi connectivity index (χ0v) is 15.7. The highest BCUT2D eigenvalue weighted by Gasteiger charge is 2.32. The minimum Gasteiger partial charge on any atom is -0.207 e. The van der Waals surface area contributed by atoms with Crippen LogP contribution in [-0.4, -0.2) is 10.7 Å². The van der Waals surface area contributed by atoms with Crippen molar-refractivity contribution < 1.29 is 4.39 Å². The lowest BCUT2D eigenvalue weighted by atomic mass is 9.79. The van der Waals surface area contributed by atoms with Gasteiger partial charge in [-0.15, -0.1) is 0 Å². The van der Waals surface area contributed by atoms with Gasteiger partial charge in [-0.25, -0.2) is 4.39 Å². The van der Waals surface area contributed by atoms with E-state index >= 15 is 0 Å². The highest BCUT2D eigenvalue weighted by atomic mass is 79.9. The third-order valence-corrected chi connectivity index (χ3v) is 6.30. The van der Waals surface area contributed by atoms with E-state index in [1.165, 1.54) is 6.07 Å². The fourth-order valence-corrected chi connectivity index (χ4v) is 4.56. The lowest BCUT2D eigenvalue weighted by Gasteiger charge is -2.31. The van der Waals surface area contributed by atoms with E-state index in [-0.39, 0.29) is 11.2 Å². The van der Waals surface area contributed by atoms with Crippen LogP contribution in [0.5, 0.6) is 0 Å². The molecule has 0 aliphatic rings. The smallest absolute Gasteiger partial charge is 0.127 e. The highest BCUT2D eigenvalue weighted by molar-refractivity contribution is 9.09. The van der Waals surface area contributed by atoms with Gasteiger partial charge in [-0.2, -0.15) is 0 Å². The fourth-order valence-electron chi connectivity index (χ4n) is 2.23. The van der Waals surface area contributed by atoms with E-state index in [9.17, 15) is 4.39 Å². The SMILES string of the molecule is Fc1cccc(Cl)c1CC(CBr)(CBr)c1ccc(Cl)cc1. The van der Waals surface area contributed by atoms with E-state index in [0.29, 0.717) is 32.7 Å². The van der Waals surface area contributed by atoms with Gasteiger partial charge in [0.05, 0.1) is 0 Å². The summed E-state index contributed by atoms with van der Waals surface area (Å²) < 4.78 is 14.1. The van der Waals surface area contributed by atoms with Gasteiger partial charge in [-0.1, -0.05) is 73.3 Å². The van der Waals surface area contributed by atoms with Gasteiger partial charge in [0.15, 0.2) is 0 Å². The van der Waals surface area contributed by atoms with Gasteiger partial charge >= 0.3 is 0 Å². The minimum absolute atomic E-state index is 0.275. The molecule has 2 aromatic carbocycles. The molecule has 0 radical (unpaired) electrons. The molecule has 21 heavy (non-hydrogen) atoms. The van der Waals surface area contributed by atoms with Crippen LogP contribution in [0.4, 0.5) is 4.39 Å².